The summed E-state index contributed by atoms with van der Waals surface area (Å²) in [4.78, 5) is 0. The van der Waals surface area contributed by atoms with Crippen LogP contribution in [0.1, 0.15) is 20.8 Å². The van der Waals surface area contributed by atoms with Crippen molar-refractivity contribution in [3.8, 4) is 0 Å². The maximum Gasteiger partial charge on any atom is 0.315 e. The van der Waals surface area contributed by atoms with E-state index in [1.165, 1.54) is 0 Å². The third-order valence-corrected chi connectivity index (χ3v) is 9.82. The van der Waals surface area contributed by atoms with Gasteiger partial charge in [0.2, 0.25) is 0 Å². The van der Waals surface area contributed by atoms with E-state index in [-0.39, 0.29) is 12.8 Å². The fraction of sp³-hybridized carbons (Fsp3) is 0.333. The summed E-state index contributed by atoms with van der Waals surface area (Å²) in [7, 11) is 0. The molecule has 96 valence electrons. The van der Waals surface area contributed by atoms with Gasteiger partial charge in [-0.3, -0.25) is 0 Å². The van der Waals surface area contributed by atoms with Gasteiger partial charge in [0.15, 0.2) is 0 Å². The number of hydrogen-bond acceptors (Lipinski definition) is 0. The van der Waals surface area contributed by atoms with E-state index < -0.39 is 14.1 Å². The molecule has 0 atom stereocenters. The van der Waals surface area contributed by atoms with E-state index in [4.69, 9.17) is 0 Å². The third-order valence-electron chi connectivity index (χ3n) is 4.93. The molecule has 0 saturated carbocycles. The second-order valence-electron chi connectivity index (χ2n) is 6.69. The van der Waals surface area contributed by atoms with Gasteiger partial charge in [0.05, 0.1) is 0 Å². The Balaban J connectivity index is 2.12. The minimum atomic E-state index is -1.26. The molecule has 0 N–H and O–H groups in total. The molecule has 0 radical (unpaired) electrons. The first-order valence-electron chi connectivity index (χ1n) is 7.10. The first-order chi connectivity index (χ1) is 8.99. The molecular weight excluding hydrogens is 243 g/mol. The van der Waals surface area contributed by atoms with Gasteiger partial charge in [-0.1, -0.05) is 93.7 Å². The topological polar surface area (TPSA) is 0 Å². The van der Waals surface area contributed by atoms with Crippen LogP contribution >= 0.6 is 0 Å². The quantitative estimate of drug-likeness (QED) is 0.619. The molecule has 0 heterocycles. The highest BCUT2D eigenvalue weighted by atomic mass is 27.2. The molecular formula is C18H21Al. The second-order valence-corrected chi connectivity index (χ2v) is 11.3. The highest BCUT2D eigenvalue weighted by Crippen LogP contribution is 2.60. The summed E-state index contributed by atoms with van der Waals surface area (Å²) >= 11 is -1.26. The third kappa shape index (κ3) is 1.97. The molecule has 0 amide bonds. The highest BCUT2D eigenvalue weighted by molar-refractivity contribution is 6.72. The van der Waals surface area contributed by atoms with Crippen LogP contribution in [0.4, 0.5) is 0 Å². The van der Waals surface area contributed by atoms with Crippen LogP contribution in [0.2, 0.25) is 12.8 Å². The molecule has 0 saturated heterocycles. The predicted molar refractivity (Wildman–Crippen MR) is 85.7 cm³/mol. The normalized spacial score (nSPS) is 26.7. The fourth-order valence-corrected chi connectivity index (χ4v) is 10.2. The van der Waals surface area contributed by atoms with Crippen molar-refractivity contribution in [2.75, 3.05) is 0 Å². The van der Waals surface area contributed by atoms with Gasteiger partial charge in [0.1, 0.15) is 0 Å². The lowest BCUT2D eigenvalue weighted by molar-refractivity contribution is 0.759. The van der Waals surface area contributed by atoms with Gasteiger partial charge in [-0.25, -0.2) is 0 Å². The van der Waals surface area contributed by atoms with Gasteiger partial charge < -0.3 is 0 Å². The van der Waals surface area contributed by atoms with Crippen molar-refractivity contribution < 1.29 is 0 Å². The maximum absolute atomic E-state index is 2.42. The van der Waals surface area contributed by atoms with Crippen LogP contribution < -0.4 is 0 Å². The second kappa shape index (κ2) is 4.24. The lowest BCUT2D eigenvalue weighted by Crippen LogP contribution is -2.44. The molecule has 3 rings (SSSR count). The van der Waals surface area contributed by atoms with Crippen LogP contribution in [0.5, 0.6) is 0 Å². The lowest BCUT2D eigenvalue weighted by Gasteiger charge is -2.45. The molecule has 3 aliphatic rings. The summed E-state index contributed by atoms with van der Waals surface area (Å²) in [5.41, 5.74) is 0. The van der Waals surface area contributed by atoms with Gasteiger partial charge in [0, 0.05) is 0 Å². The summed E-state index contributed by atoms with van der Waals surface area (Å²) in [6.45, 7) is 7.25. The Bertz CT molecular complexity index is 437. The largest absolute Gasteiger partial charge is 0.315 e. The highest BCUT2D eigenvalue weighted by Gasteiger charge is 2.56. The number of allylic oxidation sites excluding steroid dienone is 12. The Morgan fingerprint density at radius 3 is 0.895 bits per heavy atom. The average molecular weight is 264 g/mol. The summed E-state index contributed by atoms with van der Waals surface area (Å²) in [5, 5.41) is 0. The zero-order chi connectivity index (χ0) is 13.6. The Morgan fingerprint density at radius 2 is 0.684 bits per heavy atom. The van der Waals surface area contributed by atoms with Crippen molar-refractivity contribution in [2.45, 2.75) is 33.6 Å². The van der Waals surface area contributed by atoms with E-state index >= 15 is 0 Å². The van der Waals surface area contributed by atoms with E-state index in [0.717, 1.165) is 0 Å². The van der Waals surface area contributed by atoms with Crippen molar-refractivity contribution in [1.82, 2.24) is 0 Å². The number of rotatable bonds is 3. The molecule has 1 heteroatoms. The predicted octanol–water partition coefficient (Wildman–Crippen LogP) is 5.14. The molecule has 0 fully saturated rings. The van der Waals surface area contributed by atoms with Crippen LogP contribution in [0, 0.1) is 0 Å². The van der Waals surface area contributed by atoms with Gasteiger partial charge in [-0.15, -0.1) is 0 Å². The monoisotopic (exact) mass is 264 g/mol. The van der Waals surface area contributed by atoms with Crippen molar-refractivity contribution >= 4 is 14.1 Å². The van der Waals surface area contributed by atoms with E-state index in [2.05, 4.69) is 93.7 Å². The van der Waals surface area contributed by atoms with Crippen LogP contribution in [-0.4, -0.2) is 14.1 Å². The molecule has 0 aromatic rings. The Labute approximate surface area is 121 Å². The molecule has 0 aliphatic heterocycles. The lowest BCUT2D eigenvalue weighted by atomic mass is 10.1. The molecule has 19 heavy (non-hydrogen) atoms. The molecule has 0 aromatic heterocycles. The van der Waals surface area contributed by atoms with Crippen molar-refractivity contribution in [3.05, 3.63) is 72.9 Å². The van der Waals surface area contributed by atoms with Crippen LogP contribution in [0.25, 0.3) is 0 Å². The van der Waals surface area contributed by atoms with Gasteiger partial charge in [-0.2, -0.15) is 0 Å². The van der Waals surface area contributed by atoms with E-state index in [1.54, 1.807) is 0 Å². The van der Waals surface area contributed by atoms with E-state index in [9.17, 15) is 0 Å². The Kier molecular flexibility index (Phi) is 2.89. The molecule has 0 bridgehead atoms. The molecule has 0 nitrogen and oxygen atoms in total. The Hall–Kier alpha value is -1.03. The first kappa shape index (κ1) is 13.0. The molecule has 3 aliphatic carbocycles. The first-order valence-corrected chi connectivity index (χ1v) is 8.83. The standard InChI is InChI=1S/3C6H7.Al/c3*1-6-4-2-3-5-6;/h3*2-5H,1H3;. The SMILES string of the molecule is C[C]1([Al]([C]2(C)C=CC=C2)[C]2(C)C=CC=C2)C=CC=C1. The zero-order valence-corrected chi connectivity index (χ0v) is 13.2. The number of hydrogen-bond donors (Lipinski definition) is 0. The molecule has 0 spiro atoms. The minimum Gasteiger partial charge on any atom is -0.0881 e. The van der Waals surface area contributed by atoms with Crippen molar-refractivity contribution in [2.24, 2.45) is 0 Å². The van der Waals surface area contributed by atoms with Crippen molar-refractivity contribution in [3.63, 3.8) is 0 Å². The fourth-order valence-electron chi connectivity index (χ4n) is 4.33. The summed E-state index contributed by atoms with van der Waals surface area (Å²) in [5.74, 6) is 0. The molecule has 0 unspecified atom stereocenters. The Morgan fingerprint density at radius 1 is 0.474 bits per heavy atom. The van der Waals surface area contributed by atoms with Crippen LogP contribution in [-0.2, 0) is 0 Å². The van der Waals surface area contributed by atoms with E-state index in [0.29, 0.717) is 0 Å². The average Bonchev–Trinajstić information content (AvgIpc) is 3.03. The molecule has 0 aromatic carbocycles. The van der Waals surface area contributed by atoms with Gasteiger partial charge in [-0.05, 0) is 12.8 Å². The summed E-state index contributed by atoms with van der Waals surface area (Å²) < 4.78 is 0.713. The summed E-state index contributed by atoms with van der Waals surface area (Å²) in [6.07, 6.45) is 27.8. The van der Waals surface area contributed by atoms with Crippen molar-refractivity contribution in [1.29, 1.82) is 0 Å². The van der Waals surface area contributed by atoms with Gasteiger partial charge in [0.25, 0.3) is 0 Å². The van der Waals surface area contributed by atoms with Crippen LogP contribution in [0.3, 0.4) is 0 Å². The van der Waals surface area contributed by atoms with Crippen LogP contribution in [0.15, 0.2) is 72.9 Å². The minimum absolute atomic E-state index is 0.238. The maximum atomic E-state index is 2.42. The zero-order valence-electron chi connectivity index (χ0n) is 12.0. The summed E-state index contributed by atoms with van der Waals surface area (Å²) in [6, 6.07) is 0. The van der Waals surface area contributed by atoms with E-state index in [1.807, 2.05) is 0 Å². The smallest absolute Gasteiger partial charge is 0.0881 e. The van der Waals surface area contributed by atoms with Gasteiger partial charge >= 0.3 is 14.1 Å².